The van der Waals surface area contributed by atoms with E-state index in [-0.39, 0.29) is 22.5 Å². The standard InChI is InChI=1S/C20H31F3OS/c1-13-7-9-19-8-5-6-15(19)17(13,3)10-11-18(4,16(24)14(19)2)25-12-20(21,22)23/h13-15H,5-12H2,1-4H3/t13-,14+,15?,17-,18-,19?/m1/s1. The van der Waals surface area contributed by atoms with Gasteiger partial charge in [0.1, 0.15) is 0 Å². The van der Waals surface area contributed by atoms with Crippen LogP contribution in [0.3, 0.4) is 0 Å². The second-order valence-electron chi connectivity index (χ2n) is 9.34. The zero-order valence-electron chi connectivity index (χ0n) is 15.8. The number of Topliss-reactive ketones (excluding diaryl/α,β-unsaturated/α-hetero) is 1. The minimum Gasteiger partial charge on any atom is -0.298 e. The maximum Gasteiger partial charge on any atom is 0.397 e. The molecule has 0 saturated heterocycles. The normalized spacial score (nSPS) is 48.0. The van der Waals surface area contributed by atoms with Crippen LogP contribution in [0.2, 0.25) is 0 Å². The van der Waals surface area contributed by atoms with Gasteiger partial charge in [-0.3, -0.25) is 4.79 Å². The van der Waals surface area contributed by atoms with E-state index in [1.54, 1.807) is 6.92 Å². The molecule has 0 radical (unpaired) electrons. The first-order valence-corrected chi connectivity index (χ1v) is 10.7. The van der Waals surface area contributed by atoms with Crippen molar-refractivity contribution >= 4 is 17.5 Å². The highest BCUT2D eigenvalue weighted by molar-refractivity contribution is 8.01. The van der Waals surface area contributed by atoms with Gasteiger partial charge in [-0.1, -0.05) is 27.2 Å². The minimum absolute atomic E-state index is 0.0266. The number of alkyl halides is 3. The lowest BCUT2D eigenvalue weighted by atomic mass is 9.46. The lowest BCUT2D eigenvalue weighted by Gasteiger charge is -2.59. The molecule has 0 aromatic heterocycles. The van der Waals surface area contributed by atoms with Crippen LogP contribution >= 0.6 is 11.8 Å². The fourth-order valence-electron chi connectivity index (χ4n) is 6.43. The molecule has 0 aromatic rings. The molecule has 3 fully saturated rings. The first-order chi connectivity index (χ1) is 11.4. The van der Waals surface area contributed by atoms with Crippen LogP contribution in [-0.4, -0.2) is 22.5 Å². The molecule has 2 bridgehead atoms. The van der Waals surface area contributed by atoms with E-state index in [9.17, 15) is 18.0 Å². The van der Waals surface area contributed by atoms with Crippen molar-refractivity contribution in [1.82, 2.24) is 0 Å². The highest BCUT2D eigenvalue weighted by atomic mass is 32.2. The highest BCUT2D eigenvalue weighted by Gasteiger charge is 2.62. The van der Waals surface area contributed by atoms with E-state index >= 15 is 0 Å². The maximum atomic E-state index is 13.4. The third-order valence-electron chi connectivity index (χ3n) is 8.27. The molecule has 3 saturated carbocycles. The maximum absolute atomic E-state index is 13.4. The van der Waals surface area contributed by atoms with Gasteiger partial charge in [-0.25, -0.2) is 0 Å². The number of rotatable bonds is 2. The first kappa shape index (κ1) is 19.6. The quantitative estimate of drug-likeness (QED) is 0.565. The van der Waals surface area contributed by atoms with E-state index in [1.807, 2.05) is 6.92 Å². The summed E-state index contributed by atoms with van der Waals surface area (Å²) in [5.41, 5.74) is 0.183. The molecule has 5 heteroatoms. The van der Waals surface area contributed by atoms with Gasteiger partial charge in [-0.05, 0) is 68.1 Å². The van der Waals surface area contributed by atoms with Crippen LogP contribution in [0.15, 0.2) is 0 Å². The molecule has 0 aromatic carbocycles. The number of halogens is 3. The summed E-state index contributed by atoms with van der Waals surface area (Å²) in [4.78, 5) is 13.4. The molecule has 144 valence electrons. The Balaban J connectivity index is 1.97. The van der Waals surface area contributed by atoms with E-state index in [2.05, 4.69) is 13.8 Å². The van der Waals surface area contributed by atoms with Crippen molar-refractivity contribution in [3.8, 4) is 0 Å². The Morgan fingerprint density at radius 3 is 2.40 bits per heavy atom. The number of ketones is 1. The number of carbonyl (C=O) groups is 1. The average molecular weight is 377 g/mol. The summed E-state index contributed by atoms with van der Waals surface area (Å²) in [7, 11) is 0. The fraction of sp³-hybridized carbons (Fsp3) is 0.950. The average Bonchev–Trinajstić information content (AvgIpc) is 2.98. The second kappa shape index (κ2) is 6.17. The number of carbonyl (C=O) groups excluding carboxylic acids is 1. The topological polar surface area (TPSA) is 17.1 Å². The van der Waals surface area contributed by atoms with Crippen LogP contribution < -0.4 is 0 Å². The van der Waals surface area contributed by atoms with Crippen LogP contribution in [-0.2, 0) is 4.79 Å². The van der Waals surface area contributed by atoms with E-state index in [4.69, 9.17) is 0 Å². The molecule has 3 rings (SSSR count). The molecule has 0 spiro atoms. The van der Waals surface area contributed by atoms with Crippen LogP contribution in [0, 0.1) is 28.6 Å². The van der Waals surface area contributed by atoms with E-state index < -0.39 is 16.7 Å². The monoisotopic (exact) mass is 376 g/mol. The summed E-state index contributed by atoms with van der Waals surface area (Å²) in [5.74, 6) is 0.161. The number of hydrogen-bond donors (Lipinski definition) is 0. The molecular formula is C20H31F3OS. The Kier molecular flexibility index (Phi) is 4.83. The SMILES string of the molecule is C[C@@H]1CCC23CCCC2[C@]1(C)CC[C@@](C)(SCC(F)(F)F)C(=O)[C@@H]3C. The molecule has 3 aliphatic carbocycles. The molecule has 0 aliphatic heterocycles. The largest absolute Gasteiger partial charge is 0.397 e. The van der Waals surface area contributed by atoms with Crippen LogP contribution in [0.5, 0.6) is 0 Å². The lowest BCUT2D eigenvalue weighted by molar-refractivity contribution is -0.142. The van der Waals surface area contributed by atoms with Gasteiger partial charge in [0, 0.05) is 5.92 Å². The zero-order chi connectivity index (χ0) is 18.7. The van der Waals surface area contributed by atoms with Crippen molar-refractivity contribution < 1.29 is 18.0 Å². The third-order valence-corrected chi connectivity index (χ3v) is 9.78. The minimum atomic E-state index is -4.22. The molecule has 3 aliphatic rings. The van der Waals surface area contributed by atoms with Gasteiger partial charge in [-0.15, -0.1) is 11.8 Å². The molecule has 0 N–H and O–H groups in total. The number of hydrogen-bond acceptors (Lipinski definition) is 2. The van der Waals surface area contributed by atoms with Gasteiger partial charge < -0.3 is 0 Å². The Morgan fingerprint density at radius 1 is 1.08 bits per heavy atom. The van der Waals surface area contributed by atoms with Gasteiger partial charge >= 0.3 is 6.18 Å². The van der Waals surface area contributed by atoms with Gasteiger partial charge in [-0.2, -0.15) is 13.2 Å². The molecule has 1 nitrogen and oxygen atoms in total. The third kappa shape index (κ3) is 3.06. The summed E-state index contributed by atoms with van der Waals surface area (Å²) in [6.45, 7) is 8.47. The van der Waals surface area contributed by atoms with Crippen molar-refractivity contribution in [2.24, 2.45) is 28.6 Å². The first-order valence-electron chi connectivity index (χ1n) is 9.70. The van der Waals surface area contributed by atoms with E-state index in [1.165, 1.54) is 6.42 Å². The van der Waals surface area contributed by atoms with Crippen molar-refractivity contribution in [1.29, 1.82) is 0 Å². The molecule has 0 heterocycles. The summed E-state index contributed by atoms with van der Waals surface area (Å²) in [6, 6.07) is 0. The summed E-state index contributed by atoms with van der Waals surface area (Å²) in [5, 5.41) is 0. The van der Waals surface area contributed by atoms with Gasteiger partial charge in [0.05, 0.1) is 10.5 Å². The number of thioether (sulfide) groups is 1. The van der Waals surface area contributed by atoms with E-state index in [0.29, 0.717) is 18.3 Å². The van der Waals surface area contributed by atoms with Crippen molar-refractivity contribution in [2.45, 2.75) is 83.6 Å². The van der Waals surface area contributed by atoms with Crippen molar-refractivity contribution in [3.63, 3.8) is 0 Å². The summed E-state index contributed by atoms with van der Waals surface area (Å²) < 4.78 is 37.6. The Bertz CT molecular complexity index is 548. The summed E-state index contributed by atoms with van der Waals surface area (Å²) >= 11 is 0.836. The predicted octanol–water partition coefficient (Wildman–Crippen LogP) is 6.26. The zero-order valence-corrected chi connectivity index (χ0v) is 16.7. The Morgan fingerprint density at radius 2 is 1.76 bits per heavy atom. The van der Waals surface area contributed by atoms with Crippen LogP contribution in [0.1, 0.15) is 72.6 Å². The Hall–Kier alpha value is -0.190. The van der Waals surface area contributed by atoms with Gasteiger partial charge in [0.2, 0.25) is 0 Å². The molecule has 2 unspecified atom stereocenters. The van der Waals surface area contributed by atoms with E-state index in [0.717, 1.165) is 43.9 Å². The molecule has 6 atom stereocenters. The highest BCUT2D eigenvalue weighted by Crippen LogP contribution is 2.67. The van der Waals surface area contributed by atoms with Crippen molar-refractivity contribution in [2.75, 3.05) is 5.75 Å². The van der Waals surface area contributed by atoms with Crippen molar-refractivity contribution in [3.05, 3.63) is 0 Å². The fourth-order valence-corrected chi connectivity index (χ4v) is 7.48. The smallest absolute Gasteiger partial charge is 0.298 e. The summed E-state index contributed by atoms with van der Waals surface area (Å²) in [6.07, 6.45) is 2.87. The van der Waals surface area contributed by atoms with Crippen LogP contribution in [0.4, 0.5) is 13.2 Å². The molecule has 0 amide bonds. The van der Waals surface area contributed by atoms with Gasteiger partial charge in [0.25, 0.3) is 0 Å². The Labute approximate surface area is 153 Å². The predicted molar refractivity (Wildman–Crippen MR) is 96.6 cm³/mol. The second-order valence-corrected chi connectivity index (χ2v) is 10.8. The molecule has 25 heavy (non-hydrogen) atoms. The lowest BCUT2D eigenvalue weighted by Crippen LogP contribution is -2.56. The molecular weight excluding hydrogens is 345 g/mol. The van der Waals surface area contributed by atoms with Gasteiger partial charge in [0.15, 0.2) is 5.78 Å². The van der Waals surface area contributed by atoms with Crippen LogP contribution in [0.25, 0.3) is 0 Å².